The topological polar surface area (TPSA) is 96.6 Å². The van der Waals surface area contributed by atoms with Crippen molar-refractivity contribution in [1.82, 2.24) is 14.9 Å². The summed E-state index contributed by atoms with van der Waals surface area (Å²) in [5, 5.41) is 2.87. The Kier molecular flexibility index (Phi) is 7.60. The van der Waals surface area contributed by atoms with Gasteiger partial charge in [-0.1, -0.05) is 6.07 Å². The molecule has 0 spiro atoms. The number of hydrogen-bond acceptors (Lipinski definition) is 6. The molecule has 39 heavy (non-hydrogen) atoms. The predicted molar refractivity (Wildman–Crippen MR) is 144 cm³/mol. The molecule has 0 aliphatic carbocycles. The Balaban J connectivity index is 1.43. The molecule has 5 rings (SSSR count). The minimum absolute atomic E-state index is 0.0930. The van der Waals surface area contributed by atoms with E-state index in [2.05, 4.69) is 15.2 Å². The number of likely N-dealkylation sites (tertiary alicyclic amines) is 1. The molecule has 3 aromatic rings. The van der Waals surface area contributed by atoms with Crippen LogP contribution in [0.5, 0.6) is 0 Å². The highest BCUT2D eigenvalue weighted by Crippen LogP contribution is 2.34. The molecule has 2 saturated heterocycles. The van der Waals surface area contributed by atoms with Gasteiger partial charge in [0.25, 0.3) is 0 Å². The van der Waals surface area contributed by atoms with Crippen molar-refractivity contribution in [1.29, 1.82) is 0 Å². The first kappa shape index (κ1) is 26.7. The lowest BCUT2D eigenvalue weighted by molar-refractivity contribution is -0.143. The van der Waals surface area contributed by atoms with Gasteiger partial charge in [-0.25, -0.2) is 14.8 Å². The van der Waals surface area contributed by atoms with Gasteiger partial charge in [-0.2, -0.15) is 13.2 Å². The number of nitrogens with one attached hydrogen (secondary N) is 1. The Bertz CT molecular complexity index is 1340. The minimum Gasteiger partial charge on any atom is -0.384 e. The smallest absolute Gasteiger partial charge is 0.384 e. The second-order valence-electron chi connectivity index (χ2n) is 10.0. The van der Waals surface area contributed by atoms with Crippen molar-refractivity contribution in [3.63, 3.8) is 0 Å². The Morgan fingerprint density at radius 3 is 2.64 bits per heavy atom. The third-order valence-corrected chi connectivity index (χ3v) is 7.12. The first-order chi connectivity index (χ1) is 18.6. The molecule has 2 aliphatic heterocycles. The van der Waals surface area contributed by atoms with E-state index in [0.717, 1.165) is 33.8 Å². The molecule has 2 fully saturated rings. The fourth-order valence-corrected chi connectivity index (χ4v) is 5.11. The average Bonchev–Trinajstić information content (AvgIpc) is 3.37. The van der Waals surface area contributed by atoms with Gasteiger partial charge >= 0.3 is 12.2 Å². The number of nitrogens with two attached hydrogens (primary N) is 1. The molecule has 2 aromatic heterocycles. The highest BCUT2D eigenvalue weighted by molar-refractivity contribution is 5.91. The van der Waals surface area contributed by atoms with Crippen LogP contribution in [0.25, 0.3) is 22.4 Å². The molecule has 206 valence electrons. The number of morpholine rings is 1. The monoisotopic (exact) mass is 540 g/mol. The summed E-state index contributed by atoms with van der Waals surface area (Å²) in [4.78, 5) is 25.5. The van der Waals surface area contributed by atoms with Gasteiger partial charge in [-0.15, -0.1) is 0 Å². The number of halogens is 3. The first-order valence-corrected chi connectivity index (χ1v) is 12.9. The number of alkyl halides is 3. The number of carbonyl (C=O) groups is 1. The number of ether oxygens (including phenoxy) is 1. The number of benzene rings is 1. The molecular formula is C28H31F3N6O2. The Morgan fingerprint density at radius 1 is 1.10 bits per heavy atom. The fraction of sp³-hybridized carbons (Fsp3) is 0.393. The van der Waals surface area contributed by atoms with Gasteiger partial charge in [0, 0.05) is 50.0 Å². The number of rotatable bonds is 5. The summed E-state index contributed by atoms with van der Waals surface area (Å²) in [6, 6.07) is 12.8. The zero-order valence-electron chi connectivity index (χ0n) is 21.7. The Labute approximate surface area is 225 Å². The van der Waals surface area contributed by atoms with Gasteiger partial charge in [0.15, 0.2) is 0 Å². The molecule has 2 amide bonds. The van der Waals surface area contributed by atoms with Crippen LogP contribution in [0, 0.1) is 12.8 Å². The quantitative estimate of drug-likeness (QED) is 0.453. The third-order valence-electron chi connectivity index (χ3n) is 7.12. The lowest BCUT2D eigenvalue weighted by Gasteiger charge is -2.28. The minimum atomic E-state index is -4.23. The van der Waals surface area contributed by atoms with E-state index < -0.39 is 24.5 Å². The Morgan fingerprint density at radius 2 is 1.90 bits per heavy atom. The number of hydrogen-bond donors (Lipinski definition) is 2. The van der Waals surface area contributed by atoms with E-state index in [1.165, 1.54) is 4.90 Å². The van der Waals surface area contributed by atoms with Crippen molar-refractivity contribution in [3.05, 3.63) is 54.2 Å². The van der Waals surface area contributed by atoms with Gasteiger partial charge < -0.3 is 25.6 Å². The van der Waals surface area contributed by atoms with E-state index in [-0.39, 0.29) is 6.54 Å². The number of amides is 2. The SMILES string of the molecule is Cc1ccc(NC(=O)N2CCC(CC(F)(F)F)C2)cc1-c1cc(-c2ccnc(N)c2)nc(N2CCOCC2)c1. The van der Waals surface area contributed by atoms with Gasteiger partial charge in [0.2, 0.25) is 0 Å². The molecule has 1 aromatic carbocycles. The number of anilines is 3. The van der Waals surface area contributed by atoms with Crippen LogP contribution in [0.3, 0.4) is 0 Å². The van der Waals surface area contributed by atoms with Gasteiger partial charge in [0.1, 0.15) is 11.6 Å². The van der Waals surface area contributed by atoms with Crippen molar-refractivity contribution < 1.29 is 22.7 Å². The van der Waals surface area contributed by atoms with E-state index in [9.17, 15) is 18.0 Å². The van der Waals surface area contributed by atoms with Crippen molar-refractivity contribution in [3.8, 4) is 22.4 Å². The molecule has 3 N–H and O–H groups in total. The Hall–Kier alpha value is -3.86. The molecule has 4 heterocycles. The standard InChI is InChI=1S/C28H31F3N6O2/c1-18-2-3-22(34-27(38)37-7-5-19(17-37)16-28(29,30)31)15-23(18)21-12-24(20-4-6-33-25(32)13-20)35-26(14-21)36-8-10-39-11-9-36/h2-4,6,12-15,19H,5,7-11,16-17H2,1H3,(H2,32,33)(H,34,38). The van der Waals surface area contributed by atoms with Crippen LogP contribution in [0.4, 0.5) is 35.3 Å². The zero-order chi connectivity index (χ0) is 27.6. The molecule has 0 radical (unpaired) electrons. The third kappa shape index (κ3) is 6.59. The van der Waals surface area contributed by atoms with E-state index >= 15 is 0 Å². The number of nitrogen functional groups attached to an aromatic ring is 1. The molecule has 0 bridgehead atoms. The molecular weight excluding hydrogens is 509 g/mol. The molecule has 2 aliphatic rings. The van der Waals surface area contributed by atoms with Crippen LogP contribution in [0.15, 0.2) is 48.7 Å². The molecule has 0 saturated carbocycles. The molecule has 11 heteroatoms. The second-order valence-corrected chi connectivity index (χ2v) is 10.0. The van der Waals surface area contributed by atoms with Crippen molar-refractivity contribution >= 4 is 23.4 Å². The highest BCUT2D eigenvalue weighted by atomic mass is 19.4. The number of urea groups is 1. The van der Waals surface area contributed by atoms with E-state index in [0.29, 0.717) is 50.8 Å². The summed E-state index contributed by atoms with van der Waals surface area (Å²) in [7, 11) is 0. The van der Waals surface area contributed by atoms with Crippen LogP contribution in [0.1, 0.15) is 18.4 Å². The second kappa shape index (κ2) is 11.1. The summed E-state index contributed by atoms with van der Waals surface area (Å²) in [5.74, 6) is 0.635. The number of aromatic nitrogens is 2. The highest BCUT2D eigenvalue weighted by Gasteiger charge is 2.36. The van der Waals surface area contributed by atoms with Crippen LogP contribution in [0.2, 0.25) is 0 Å². The van der Waals surface area contributed by atoms with Gasteiger partial charge in [-0.3, -0.25) is 0 Å². The van der Waals surface area contributed by atoms with Gasteiger partial charge in [-0.05, 0) is 72.4 Å². The maximum absolute atomic E-state index is 12.9. The van der Waals surface area contributed by atoms with E-state index in [1.54, 1.807) is 18.3 Å². The zero-order valence-corrected chi connectivity index (χ0v) is 21.7. The first-order valence-electron chi connectivity index (χ1n) is 12.9. The van der Waals surface area contributed by atoms with Crippen LogP contribution in [-0.2, 0) is 4.74 Å². The average molecular weight is 541 g/mol. The molecule has 8 nitrogen and oxygen atoms in total. The molecule has 1 unspecified atom stereocenters. The van der Waals surface area contributed by atoms with Crippen molar-refractivity contribution in [2.24, 2.45) is 5.92 Å². The van der Waals surface area contributed by atoms with Crippen LogP contribution >= 0.6 is 0 Å². The van der Waals surface area contributed by atoms with Crippen molar-refractivity contribution in [2.75, 3.05) is 55.3 Å². The number of nitrogens with zero attached hydrogens (tertiary/aromatic N) is 4. The lowest BCUT2D eigenvalue weighted by Crippen LogP contribution is -2.36. The summed E-state index contributed by atoms with van der Waals surface area (Å²) in [6.45, 7) is 5.05. The number of pyridine rings is 2. The number of aryl methyl sites for hydroxylation is 1. The van der Waals surface area contributed by atoms with E-state index in [4.69, 9.17) is 15.5 Å². The summed E-state index contributed by atoms with van der Waals surface area (Å²) < 4.78 is 43.9. The fourth-order valence-electron chi connectivity index (χ4n) is 5.11. The summed E-state index contributed by atoms with van der Waals surface area (Å²) in [5.41, 5.74) is 10.9. The maximum atomic E-state index is 12.9. The van der Waals surface area contributed by atoms with Crippen LogP contribution < -0.4 is 16.0 Å². The summed E-state index contributed by atoms with van der Waals surface area (Å²) in [6.07, 6.45) is -3.11. The van der Waals surface area contributed by atoms with Crippen LogP contribution in [-0.4, -0.2) is 66.5 Å². The summed E-state index contributed by atoms with van der Waals surface area (Å²) >= 11 is 0. The van der Waals surface area contributed by atoms with Crippen molar-refractivity contribution in [2.45, 2.75) is 25.9 Å². The predicted octanol–water partition coefficient (Wildman–Crippen LogP) is 5.34. The maximum Gasteiger partial charge on any atom is 0.389 e. The van der Waals surface area contributed by atoms with E-state index in [1.807, 2.05) is 37.3 Å². The normalized spacial score (nSPS) is 17.9. The van der Waals surface area contributed by atoms with Gasteiger partial charge in [0.05, 0.1) is 18.9 Å². The number of carbonyl (C=O) groups excluding carboxylic acids is 1. The molecule has 1 atom stereocenters. The lowest BCUT2D eigenvalue weighted by atomic mass is 9.98. The largest absolute Gasteiger partial charge is 0.389 e.